The minimum absolute atomic E-state index is 0.182. The summed E-state index contributed by atoms with van der Waals surface area (Å²) in [5.74, 6) is -0.182. The van der Waals surface area contributed by atoms with Crippen molar-refractivity contribution in [2.75, 3.05) is 6.61 Å². The number of ether oxygens (including phenoxy) is 1. The quantitative estimate of drug-likeness (QED) is 0.368. The van der Waals surface area contributed by atoms with E-state index >= 15 is 0 Å². The number of hydrogen-bond donors (Lipinski definition) is 0. The highest BCUT2D eigenvalue weighted by Crippen LogP contribution is 1.86. The van der Waals surface area contributed by atoms with Gasteiger partial charge in [0.2, 0.25) is 0 Å². The molecule has 0 atom stereocenters. The Balaban J connectivity index is 0. The monoisotopic (exact) mass is 170 g/mol. The zero-order valence-corrected chi connectivity index (χ0v) is 8.01. The van der Waals surface area contributed by atoms with Crippen LogP contribution in [-0.2, 0) is 9.53 Å². The summed E-state index contributed by atoms with van der Waals surface area (Å²) in [6, 6.07) is 0. The zero-order valence-electron chi connectivity index (χ0n) is 8.01. The molecular weight excluding hydrogens is 152 g/mol. The SMILES string of the molecule is C=CC=C.CCCCOC(C)=O. The van der Waals surface area contributed by atoms with Gasteiger partial charge in [0.25, 0.3) is 0 Å². The van der Waals surface area contributed by atoms with Crippen molar-refractivity contribution >= 4 is 5.97 Å². The van der Waals surface area contributed by atoms with Gasteiger partial charge in [-0.3, -0.25) is 4.79 Å². The van der Waals surface area contributed by atoms with Crippen molar-refractivity contribution in [1.29, 1.82) is 0 Å². The Morgan fingerprint density at radius 3 is 2.17 bits per heavy atom. The maximum Gasteiger partial charge on any atom is 0.302 e. The first-order chi connectivity index (χ1) is 5.68. The highest BCUT2D eigenvalue weighted by atomic mass is 16.5. The molecule has 0 aromatic heterocycles. The van der Waals surface area contributed by atoms with Crippen molar-refractivity contribution in [3.8, 4) is 0 Å². The molecule has 0 aliphatic rings. The summed E-state index contributed by atoms with van der Waals surface area (Å²) in [5, 5.41) is 0. The van der Waals surface area contributed by atoms with E-state index in [0.29, 0.717) is 6.61 Å². The molecule has 0 amide bonds. The third-order valence-electron chi connectivity index (χ3n) is 0.970. The molecule has 0 rings (SSSR count). The van der Waals surface area contributed by atoms with E-state index in [4.69, 9.17) is 0 Å². The molecule has 0 N–H and O–H groups in total. The Hall–Kier alpha value is -1.05. The van der Waals surface area contributed by atoms with Crippen LogP contribution in [0, 0.1) is 0 Å². The van der Waals surface area contributed by atoms with Crippen LogP contribution in [-0.4, -0.2) is 12.6 Å². The van der Waals surface area contributed by atoms with E-state index in [1.54, 1.807) is 12.2 Å². The van der Waals surface area contributed by atoms with Crippen LogP contribution in [0.4, 0.5) is 0 Å². The van der Waals surface area contributed by atoms with Crippen LogP contribution in [0.2, 0.25) is 0 Å². The molecule has 0 bridgehead atoms. The van der Waals surface area contributed by atoms with Gasteiger partial charge in [-0.25, -0.2) is 0 Å². The largest absolute Gasteiger partial charge is 0.466 e. The second-order valence-electron chi connectivity index (χ2n) is 2.17. The van der Waals surface area contributed by atoms with E-state index in [1.165, 1.54) is 6.92 Å². The summed E-state index contributed by atoms with van der Waals surface area (Å²) in [4.78, 5) is 10.1. The van der Waals surface area contributed by atoms with Gasteiger partial charge in [-0.1, -0.05) is 38.7 Å². The molecule has 0 spiro atoms. The lowest BCUT2D eigenvalue weighted by Gasteiger charge is -1.96. The van der Waals surface area contributed by atoms with E-state index < -0.39 is 0 Å². The lowest BCUT2D eigenvalue weighted by molar-refractivity contribution is -0.141. The van der Waals surface area contributed by atoms with Gasteiger partial charge < -0.3 is 4.74 Å². The smallest absolute Gasteiger partial charge is 0.302 e. The van der Waals surface area contributed by atoms with Crippen molar-refractivity contribution < 1.29 is 9.53 Å². The van der Waals surface area contributed by atoms with E-state index in [2.05, 4.69) is 24.8 Å². The van der Waals surface area contributed by atoms with Crippen LogP contribution in [0.25, 0.3) is 0 Å². The minimum Gasteiger partial charge on any atom is -0.466 e. The molecule has 2 heteroatoms. The third kappa shape index (κ3) is 23.1. The molecule has 12 heavy (non-hydrogen) atoms. The Morgan fingerprint density at radius 2 is 1.92 bits per heavy atom. The topological polar surface area (TPSA) is 26.3 Å². The molecule has 0 fully saturated rings. The number of esters is 1. The number of unbranched alkanes of at least 4 members (excludes halogenated alkanes) is 1. The van der Waals surface area contributed by atoms with Crippen LogP contribution in [0.5, 0.6) is 0 Å². The van der Waals surface area contributed by atoms with Crippen molar-refractivity contribution in [2.45, 2.75) is 26.7 Å². The predicted molar refractivity (Wildman–Crippen MR) is 51.9 cm³/mol. The van der Waals surface area contributed by atoms with Gasteiger partial charge in [0.15, 0.2) is 0 Å². The maximum atomic E-state index is 10.1. The lowest BCUT2D eigenvalue weighted by atomic mass is 10.4. The van der Waals surface area contributed by atoms with Gasteiger partial charge >= 0.3 is 5.97 Å². The van der Waals surface area contributed by atoms with E-state index in [1.807, 2.05) is 0 Å². The fourth-order valence-electron chi connectivity index (χ4n) is 0.360. The summed E-state index contributed by atoms with van der Waals surface area (Å²) in [6.07, 6.45) is 5.33. The molecule has 0 aromatic carbocycles. The Labute approximate surface area is 74.9 Å². The maximum absolute atomic E-state index is 10.1. The van der Waals surface area contributed by atoms with Crippen molar-refractivity contribution in [1.82, 2.24) is 0 Å². The van der Waals surface area contributed by atoms with Crippen molar-refractivity contribution in [2.24, 2.45) is 0 Å². The van der Waals surface area contributed by atoms with Gasteiger partial charge in [-0.05, 0) is 6.42 Å². The highest BCUT2D eigenvalue weighted by Gasteiger charge is 1.88. The van der Waals surface area contributed by atoms with Gasteiger partial charge in [-0.15, -0.1) is 0 Å². The average molecular weight is 170 g/mol. The second-order valence-corrected chi connectivity index (χ2v) is 2.17. The summed E-state index contributed by atoms with van der Waals surface area (Å²) in [7, 11) is 0. The summed E-state index contributed by atoms with van der Waals surface area (Å²) >= 11 is 0. The lowest BCUT2D eigenvalue weighted by Crippen LogP contribution is -1.99. The fraction of sp³-hybridized carbons (Fsp3) is 0.500. The van der Waals surface area contributed by atoms with Crippen LogP contribution < -0.4 is 0 Å². The Kier molecular flexibility index (Phi) is 14.2. The molecule has 2 nitrogen and oxygen atoms in total. The molecule has 0 saturated carbocycles. The first kappa shape index (κ1) is 13.5. The third-order valence-corrected chi connectivity index (χ3v) is 0.970. The van der Waals surface area contributed by atoms with Gasteiger partial charge in [0.1, 0.15) is 0 Å². The van der Waals surface area contributed by atoms with Crippen molar-refractivity contribution in [3.05, 3.63) is 25.3 Å². The molecule has 0 aromatic rings. The highest BCUT2D eigenvalue weighted by molar-refractivity contribution is 5.65. The number of allylic oxidation sites excluding steroid dienone is 2. The molecule has 0 radical (unpaired) electrons. The zero-order chi connectivity index (χ0) is 9.82. The molecule has 0 heterocycles. The number of rotatable bonds is 4. The molecular formula is C10H18O2. The minimum atomic E-state index is -0.182. The van der Waals surface area contributed by atoms with Crippen LogP contribution in [0.15, 0.2) is 25.3 Å². The summed E-state index contributed by atoms with van der Waals surface area (Å²) in [6.45, 7) is 10.8. The van der Waals surface area contributed by atoms with Gasteiger partial charge in [-0.2, -0.15) is 0 Å². The van der Waals surface area contributed by atoms with Gasteiger partial charge in [0.05, 0.1) is 6.61 Å². The first-order valence-corrected chi connectivity index (χ1v) is 4.05. The van der Waals surface area contributed by atoms with Crippen LogP contribution in [0.1, 0.15) is 26.7 Å². The normalized spacial score (nSPS) is 7.50. The van der Waals surface area contributed by atoms with Gasteiger partial charge in [0, 0.05) is 6.92 Å². The van der Waals surface area contributed by atoms with E-state index in [0.717, 1.165) is 12.8 Å². The Bertz CT molecular complexity index is 122. The number of carbonyl (C=O) groups is 1. The standard InChI is InChI=1S/C6H12O2.C4H6/c1-3-4-5-8-6(2)7;1-3-4-2/h3-5H2,1-2H3;3-4H,1-2H2. The van der Waals surface area contributed by atoms with Crippen LogP contribution in [0.3, 0.4) is 0 Å². The predicted octanol–water partition coefficient (Wildman–Crippen LogP) is 2.71. The van der Waals surface area contributed by atoms with Crippen molar-refractivity contribution in [3.63, 3.8) is 0 Å². The fourth-order valence-corrected chi connectivity index (χ4v) is 0.360. The number of carbonyl (C=O) groups excluding carboxylic acids is 1. The molecule has 0 aliphatic heterocycles. The average Bonchev–Trinajstić information content (AvgIpc) is 2.05. The summed E-state index contributed by atoms with van der Waals surface area (Å²) < 4.78 is 4.64. The Morgan fingerprint density at radius 1 is 1.42 bits per heavy atom. The van der Waals surface area contributed by atoms with E-state index in [9.17, 15) is 4.79 Å². The number of hydrogen-bond acceptors (Lipinski definition) is 2. The van der Waals surface area contributed by atoms with E-state index in [-0.39, 0.29) is 5.97 Å². The first-order valence-electron chi connectivity index (χ1n) is 4.05. The second kappa shape index (κ2) is 12.6. The van der Waals surface area contributed by atoms with Crippen LogP contribution >= 0.6 is 0 Å². The summed E-state index contributed by atoms with van der Waals surface area (Å²) in [5.41, 5.74) is 0. The molecule has 0 saturated heterocycles. The molecule has 70 valence electrons. The molecule has 0 unspecified atom stereocenters. The molecule has 0 aliphatic carbocycles.